The molecule has 3 unspecified atom stereocenters. The van der Waals surface area contributed by atoms with Crippen molar-refractivity contribution in [1.82, 2.24) is 15.1 Å². The molecule has 0 aromatic heterocycles. The Balaban J connectivity index is 1.79. The number of piperazine rings is 1. The molecule has 1 amide bonds. The van der Waals surface area contributed by atoms with Crippen LogP contribution in [-0.4, -0.2) is 60.3 Å². The molecule has 3 aliphatic rings. The first-order valence-corrected chi connectivity index (χ1v) is 9.47. The van der Waals surface area contributed by atoms with Crippen molar-refractivity contribution >= 4 is 6.09 Å². The van der Waals surface area contributed by atoms with Gasteiger partial charge in [0.2, 0.25) is 0 Å². The summed E-state index contributed by atoms with van der Waals surface area (Å²) in [4.78, 5) is 16.2. The maximum absolute atomic E-state index is 11.8. The van der Waals surface area contributed by atoms with E-state index in [1.165, 1.54) is 25.7 Å². The average Bonchev–Trinajstić information content (AvgIpc) is 2.96. The van der Waals surface area contributed by atoms with Crippen LogP contribution in [0.1, 0.15) is 46.0 Å². The number of amides is 1. The Labute approximate surface area is 145 Å². The smallest absolute Gasteiger partial charge is 0.410 e. The molecule has 0 spiro atoms. The van der Waals surface area contributed by atoms with Crippen LogP contribution in [0.3, 0.4) is 0 Å². The molecule has 3 heterocycles. The van der Waals surface area contributed by atoms with Crippen molar-refractivity contribution in [2.75, 3.05) is 32.8 Å². The Hall–Kier alpha value is -1.43. The lowest BCUT2D eigenvalue weighted by Crippen LogP contribution is -2.65. The highest BCUT2D eigenvalue weighted by molar-refractivity contribution is 5.70. The van der Waals surface area contributed by atoms with E-state index in [4.69, 9.17) is 10.5 Å². The van der Waals surface area contributed by atoms with Gasteiger partial charge >= 0.3 is 6.09 Å². The van der Waals surface area contributed by atoms with Crippen molar-refractivity contribution in [2.24, 2.45) is 11.7 Å². The number of cyclic esters (lactones) is 1. The fourth-order valence-electron chi connectivity index (χ4n) is 4.69. The van der Waals surface area contributed by atoms with E-state index in [0.717, 1.165) is 38.3 Å². The van der Waals surface area contributed by atoms with Crippen LogP contribution < -0.4 is 11.1 Å². The lowest BCUT2D eigenvalue weighted by atomic mass is 9.74. The molecular weight excluding hydrogens is 304 g/mol. The molecule has 2 fully saturated rings. The maximum atomic E-state index is 11.8. The van der Waals surface area contributed by atoms with Crippen molar-refractivity contribution in [2.45, 2.75) is 57.5 Å². The van der Waals surface area contributed by atoms with Crippen LogP contribution in [-0.2, 0) is 4.74 Å². The van der Waals surface area contributed by atoms with Crippen LogP contribution in [0, 0.1) is 5.92 Å². The van der Waals surface area contributed by atoms with E-state index < -0.39 is 0 Å². The number of hydrogen-bond acceptors (Lipinski definition) is 5. The van der Waals surface area contributed by atoms with E-state index in [2.05, 4.69) is 24.1 Å². The predicted molar refractivity (Wildman–Crippen MR) is 94.3 cm³/mol. The predicted octanol–water partition coefficient (Wildman–Crippen LogP) is 1.87. The first-order valence-electron chi connectivity index (χ1n) is 9.47. The summed E-state index contributed by atoms with van der Waals surface area (Å²) in [6.45, 7) is 8.54. The summed E-state index contributed by atoms with van der Waals surface area (Å²) in [5.41, 5.74) is 7.43. The highest BCUT2D eigenvalue weighted by Crippen LogP contribution is 2.39. The van der Waals surface area contributed by atoms with Crippen LogP contribution in [0.15, 0.2) is 11.9 Å². The zero-order valence-corrected chi connectivity index (χ0v) is 15.1. The number of nitrogens with zero attached hydrogens (tertiary/aromatic N) is 2. The Morgan fingerprint density at radius 3 is 3.04 bits per heavy atom. The fraction of sp³-hybridized carbons (Fsp3) is 0.833. The Bertz CT molecular complexity index is 495. The Morgan fingerprint density at radius 1 is 1.46 bits per heavy atom. The monoisotopic (exact) mass is 336 g/mol. The van der Waals surface area contributed by atoms with Gasteiger partial charge in [-0.1, -0.05) is 33.1 Å². The van der Waals surface area contributed by atoms with Gasteiger partial charge in [0, 0.05) is 38.1 Å². The van der Waals surface area contributed by atoms with Gasteiger partial charge in [0.05, 0.1) is 11.6 Å². The fourth-order valence-corrected chi connectivity index (χ4v) is 4.69. The molecule has 2 saturated heterocycles. The normalized spacial score (nSPS) is 31.9. The Morgan fingerprint density at radius 2 is 2.29 bits per heavy atom. The summed E-state index contributed by atoms with van der Waals surface area (Å²) in [6, 6.07) is 0.175. The zero-order chi connectivity index (χ0) is 17.2. The minimum absolute atomic E-state index is 0.0866. The number of nitrogens with one attached hydrogen (secondary N) is 1. The molecule has 24 heavy (non-hydrogen) atoms. The van der Waals surface area contributed by atoms with Gasteiger partial charge in [0.1, 0.15) is 6.61 Å². The second-order valence-corrected chi connectivity index (χ2v) is 7.50. The molecule has 0 aromatic carbocycles. The molecule has 3 atom stereocenters. The van der Waals surface area contributed by atoms with Crippen molar-refractivity contribution < 1.29 is 9.53 Å². The van der Waals surface area contributed by atoms with Gasteiger partial charge in [-0.2, -0.15) is 0 Å². The highest BCUT2D eigenvalue weighted by atomic mass is 16.6. The van der Waals surface area contributed by atoms with Gasteiger partial charge < -0.3 is 15.8 Å². The van der Waals surface area contributed by atoms with Crippen LogP contribution in [0.5, 0.6) is 0 Å². The second kappa shape index (κ2) is 7.21. The molecular formula is C18H32N4O2. The topological polar surface area (TPSA) is 70.8 Å². The standard InChI is InChI=1S/C18H32N4O2/c1-3-4-5-6-14(2)18(7-8-20-11-16(18)19)21-9-10-22-15(12-21)13-24-17(22)23/h11,14-15,20H,3-10,12-13,19H2,1-2H3. The average molecular weight is 336 g/mol. The minimum atomic E-state index is -0.154. The molecule has 3 rings (SSSR count). The summed E-state index contributed by atoms with van der Waals surface area (Å²) in [5.74, 6) is 0.506. The number of ether oxygens (including phenoxy) is 1. The maximum Gasteiger partial charge on any atom is 0.410 e. The number of nitrogens with two attached hydrogens (primary N) is 1. The van der Waals surface area contributed by atoms with E-state index in [0.29, 0.717) is 12.5 Å². The molecule has 0 aromatic rings. The van der Waals surface area contributed by atoms with E-state index in [-0.39, 0.29) is 17.7 Å². The third kappa shape index (κ3) is 2.96. The van der Waals surface area contributed by atoms with E-state index in [9.17, 15) is 4.79 Å². The summed E-state index contributed by atoms with van der Waals surface area (Å²) < 4.78 is 5.24. The SMILES string of the molecule is CCCCCC(C)C1(N2CCN3C(=O)OCC3C2)CCNC=C1N. The van der Waals surface area contributed by atoms with Gasteiger partial charge in [-0.05, 0) is 18.8 Å². The number of fused-ring (bicyclic) bond motifs is 1. The van der Waals surface area contributed by atoms with Crippen LogP contribution >= 0.6 is 0 Å². The number of unbranched alkanes of at least 4 members (excludes halogenated alkanes) is 2. The summed E-state index contributed by atoms with van der Waals surface area (Å²) in [7, 11) is 0. The van der Waals surface area contributed by atoms with E-state index in [1.807, 2.05) is 11.1 Å². The largest absolute Gasteiger partial charge is 0.447 e. The molecule has 0 radical (unpaired) electrons. The molecule has 0 aliphatic carbocycles. The third-order valence-corrected chi connectivity index (χ3v) is 6.14. The number of rotatable bonds is 6. The van der Waals surface area contributed by atoms with E-state index >= 15 is 0 Å². The number of carbonyl (C=O) groups excluding carboxylic acids is 1. The quantitative estimate of drug-likeness (QED) is 0.725. The first-order chi connectivity index (χ1) is 11.6. The minimum Gasteiger partial charge on any atom is -0.447 e. The van der Waals surface area contributed by atoms with Crippen molar-refractivity contribution in [3.63, 3.8) is 0 Å². The van der Waals surface area contributed by atoms with Crippen LogP contribution in [0.25, 0.3) is 0 Å². The number of hydrogen-bond donors (Lipinski definition) is 2. The molecule has 0 bridgehead atoms. The lowest BCUT2D eigenvalue weighted by Gasteiger charge is -2.53. The molecule has 6 nitrogen and oxygen atoms in total. The summed E-state index contributed by atoms with van der Waals surface area (Å²) in [5, 5.41) is 3.30. The molecule has 0 saturated carbocycles. The van der Waals surface area contributed by atoms with Gasteiger partial charge in [-0.15, -0.1) is 0 Å². The molecule has 3 aliphatic heterocycles. The van der Waals surface area contributed by atoms with Crippen molar-refractivity contribution in [3.8, 4) is 0 Å². The van der Waals surface area contributed by atoms with Gasteiger partial charge in [-0.25, -0.2) is 4.79 Å². The second-order valence-electron chi connectivity index (χ2n) is 7.50. The summed E-state index contributed by atoms with van der Waals surface area (Å²) in [6.07, 6.45) is 7.85. The van der Waals surface area contributed by atoms with Crippen molar-refractivity contribution in [1.29, 1.82) is 0 Å². The van der Waals surface area contributed by atoms with Gasteiger partial charge in [0.25, 0.3) is 0 Å². The molecule has 6 heteroatoms. The van der Waals surface area contributed by atoms with Gasteiger partial charge in [-0.3, -0.25) is 9.80 Å². The zero-order valence-electron chi connectivity index (χ0n) is 15.1. The lowest BCUT2D eigenvalue weighted by molar-refractivity contribution is 0.00366. The third-order valence-electron chi connectivity index (χ3n) is 6.14. The summed E-state index contributed by atoms with van der Waals surface area (Å²) >= 11 is 0. The Kier molecular flexibility index (Phi) is 5.23. The van der Waals surface area contributed by atoms with Crippen molar-refractivity contribution in [3.05, 3.63) is 11.9 Å². The number of carbonyl (C=O) groups is 1. The molecule has 3 N–H and O–H groups in total. The van der Waals surface area contributed by atoms with Gasteiger partial charge in [0.15, 0.2) is 0 Å². The van der Waals surface area contributed by atoms with Crippen LogP contribution in [0.2, 0.25) is 0 Å². The van der Waals surface area contributed by atoms with Crippen LogP contribution in [0.4, 0.5) is 4.79 Å². The molecule has 136 valence electrons. The highest BCUT2D eigenvalue weighted by Gasteiger charge is 2.49. The van der Waals surface area contributed by atoms with E-state index in [1.54, 1.807) is 0 Å². The first kappa shape index (κ1) is 17.4.